The van der Waals surface area contributed by atoms with Gasteiger partial charge in [-0.2, -0.15) is 0 Å². The van der Waals surface area contributed by atoms with Crippen molar-refractivity contribution < 1.29 is 23.8 Å². The summed E-state index contributed by atoms with van der Waals surface area (Å²) in [6.07, 6.45) is 5.21. The Labute approximate surface area is 236 Å². The number of methoxy groups -OCH3 is 3. The van der Waals surface area contributed by atoms with Crippen molar-refractivity contribution in [1.29, 1.82) is 0 Å². The van der Waals surface area contributed by atoms with Gasteiger partial charge in [0.1, 0.15) is 0 Å². The third-order valence-corrected chi connectivity index (χ3v) is 7.19. The van der Waals surface area contributed by atoms with E-state index >= 15 is 0 Å². The van der Waals surface area contributed by atoms with Gasteiger partial charge in [-0.15, -0.1) is 0 Å². The van der Waals surface area contributed by atoms with Gasteiger partial charge in [0, 0.05) is 29.2 Å². The molecule has 0 radical (unpaired) electrons. The maximum atomic E-state index is 13.2. The van der Waals surface area contributed by atoms with E-state index < -0.39 is 11.8 Å². The molecule has 0 spiro atoms. The highest BCUT2D eigenvalue weighted by molar-refractivity contribution is 6.50. The highest BCUT2D eigenvalue weighted by atomic mass is 16.5. The molecule has 9 nitrogen and oxygen atoms in total. The van der Waals surface area contributed by atoms with Crippen LogP contribution in [0.5, 0.6) is 17.2 Å². The standard InChI is InChI=1S/C31H40N4O5/c1-6-15-34(2)16-9-13-32-14-10-17-35-20-23(22-11-7-8-12-24(22)35)28-27(30(36)33-31(28)37)21-18-25(38-3)29(40-5)26(19-21)39-4/h7-8,11-12,18-20,32H,6,9-10,13-17H2,1-5H3,(H,33,36,37). The number of carbonyl (C=O) groups excluding carboxylic acids is 2. The zero-order valence-corrected chi connectivity index (χ0v) is 24.1. The number of imide groups is 1. The molecule has 2 heterocycles. The molecule has 3 aromatic rings. The van der Waals surface area contributed by atoms with E-state index in [1.165, 1.54) is 27.8 Å². The fourth-order valence-corrected chi connectivity index (χ4v) is 5.31. The maximum Gasteiger partial charge on any atom is 0.259 e. The van der Waals surface area contributed by atoms with Gasteiger partial charge in [-0.25, -0.2) is 0 Å². The highest BCUT2D eigenvalue weighted by Crippen LogP contribution is 2.43. The van der Waals surface area contributed by atoms with E-state index in [1.54, 1.807) is 12.1 Å². The first kappa shape index (κ1) is 29.2. The van der Waals surface area contributed by atoms with E-state index in [-0.39, 0.29) is 5.57 Å². The first-order valence-corrected chi connectivity index (χ1v) is 13.8. The van der Waals surface area contributed by atoms with Crippen LogP contribution in [-0.2, 0) is 16.1 Å². The van der Waals surface area contributed by atoms with Crippen molar-refractivity contribution in [3.05, 3.63) is 53.7 Å². The zero-order valence-electron chi connectivity index (χ0n) is 24.1. The first-order valence-electron chi connectivity index (χ1n) is 13.8. The van der Waals surface area contributed by atoms with Crippen LogP contribution >= 0.6 is 0 Å². The van der Waals surface area contributed by atoms with Gasteiger partial charge in [-0.05, 0) is 76.3 Å². The van der Waals surface area contributed by atoms with Crippen molar-refractivity contribution in [3.8, 4) is 17.2 Å². The molecule has 0 atom stereocenters. The molecule has 0 saturated carbocycles. The van der Waals surface area contributed by atoms with E-state index in [2.05, 4.69) is 34.1 Å². The molecular weight excluding hydrogens is 508 g/mol. The predicted molar refractivity (Wildman–Crippen MR) is 158 cm³/mol. The van der Waals surface area contributed by atoms with E-state index in [0.717, 1.165) is 62.0 Å². The quantitative estimate of drug-likeness (QED) is 0.219. The lowest BCUT2D eigenvalue weighted by Gasteiger charge is -2.15. The van der Waals surface area contributed by atoms with Crippen LogP contribution in [0, 0.1) is 0 Å². The Morgan fingerprint density at radius 3 is 2.25 bits per heavy atom. The summed E-state index contributed by atoms with van der Waals surface area (Å²) in [5.74, 6) is 0.343. The molecule has 0 unspecified atom stereocenters. The Balaban J connectivity index is 1.62. The van der Waals surface area contributed by atoms with Gasteiger partial charge in [0.25, 0.3) is 11.8 Å². The number of benzene rings is 2. The maximum absolute atomic E-state index is 13.2. The molecule has 2 amide bonds. The van der Waals surface area contributed by atoms with Crippen LogP contribution in [0.25, 0.3) is 22.0 Å². The largest absolute Gasteiger partial charge is 0.493 e. The summed E-state index contributed by atoms with van der Waals surface area (Å²) >= 11 is 0. The molecule has 214 valence electrons. The number of aryl methyl sites for hydroxylation is 1. The Morgan fingerprint density at radius 2 is 1.57 bits per heavy atom. The Bertz CT molecular complexity index is 1370. The summed E-state index contributed by atoms with van der Waals surface area (Å²) in [6, 6.07) is 11.4. The van der Waals surface area contributed by atoms with E-state index in [4.69, 9.17) is 14.2 Å². The number of carbonyl (C=O) groups is 2. The van der Waals surface area contributed by atoms with Crippen LogP contribution in [0.1, 0.15) is 37.3 Å². The molecule has 1 aliphatic rings. The summed E-state index contributed by atoms with van der Waals surface area (Å²) in [5.41, 5.74) is 2.86. The normalized spacial score (nSPS) is 13.4. The average molecular weight is 549 g/mol. The number of amides is 2. The third-order valence-electron chi connectivity index (χ3n) is 7.19. The summed E-state index contributed by atoms with van der Waals surface area (Å²) in [4.78, 5) is 28.7. The monoisotopic (exact) mass is 548 g/mol. The molecule has 4 rings (SSSR count). The minimum absolute atomic E-state index is 0.280. The molecule has 0 bridgehead atoms. The van der Waals surface area contributed by atoms with Crippen LogP contribution in [0.3, 0.4) is 0 Å². The SMILES string of the molecule is CCCN(C)CCCNCCCn1cc(C2=C(c3cc(OC)c(OC)c(OC)c3)C(=O)NC2=O)c2ccccc21. The van der Waals surface area contributed by atoms with E-state index in [9.17, 15) is 9.59 Å². The van der Waals surface area contributed by atoms with Crippen molar-refractivity contribution in [2.45, 2.75) is 32.7 Å². The van der Waals surface area contributed by atoms with Crippen LogP contribution < -0.4 is 24.8 Å². The van der Waals surface area contributed by atoms with Crippen molar-refractivity contribution in [3.63, 3.8) is 0 Å². The molecule has 40 heavy (non-hydrogen) atoms. The van der Waals surface area contributed by atoms with Crippen molar-refractivity contribution in [2.75, 3.05) is 54.6 Å². The molecule has 2 N–H and O–H groups in total. The predicted octanol–water partition coefficient (Wildman–Crippen LogP) is 3.95. The Morgan fingerprint density at radius 1 is 0.900 bits per heavy atom. The molecule has 1 aliphatic heterocycles. The topological polar surface area (TPSA) is 94.1 Å². The molecule has 2 aromatic carbocycles. The smallest absolute Gasteiger partial charge is 0.259 e. The Hall–Kier alpha value is -3.82. The minimum atomic E-state index is -0.458. The highest BCUT2D eigenvalue weighted by Gasteiger charge is 2.35. The summed E-state index contributed by atoms with van der Waals surface area (Å²) in [6.45, 7) is 7.09. The summed E-state index contributed by atoms with van der Waals surface area (Å²) < 4.78 is 18.6. The number of para-hydroxylation sites is 1. The number of fused-ring (bicyclic) bond motifs is 1. The molecular formula is C31H40N4O5. The van der Waals surface area contributed by atoms with Gasteiger partial charge < -0.3 is 29.0 Å². The fraction of sp³-hybridized carbons (Fsp3) is 0.419. The lowest BCUT2D eigenvalue weighted by molar-refractivity contribution is -0.122. The van der Waals surface area contributed by atoms with Gasteiger partial charge in [0.2, 0.25) is 5.75 Å². The van der Waals surface area contributed by atoms with Gasteiger partial charge in [-0.1, -0.05) is 25.1 Å². The van der Waals surface area contributed by atoms with Gasteiger partial charge in [0.05, 0.1) is 32.5 Å². The third kappa shape index (κ3) is 6.16. The second-order valence-corrected chi connectivity index (χ2v) is 9.96. The Kier molecular flexibility index (Phi) is 9.84. The van der Waals surface area contributed by atoms with Gasteiger partial charge >= 0.3 is 0 Å². The van der Waals surface area contributed by atoms with Gasteiger partial charge in [0.15, 0.2) is 11.5 Å². The van der Waals surface area contributed by atoms with Crippen molar-refractivity contribution in [1.82, 2.24) is 20.1 Å². The average Bonchev–Trinajstić information content (AvgIpc) is 3.47. The zero-order chi connectivity index (χ0) is 28.6. The lowest BCUT2D eigenvalue weighted by atomic mass is 9.95. The molecule has 0 saturated heterocycles. The number of hydrogen-bond acceptors (Lipinski definition) is 7. The van der Waals surface area contributed by atoms with Crippen LogP contribution in [-0.4, -0.2) is 75.8 Å². The molecule has 1 aromatic heterocycles. The van der Waals surface area contributed by atoms with Crippen LogP contribution in [0.15, 0.2) is 42.6 Å². The molecule has 0 fully saturated rings. The second-order valence-electron chi connectivity index (χ2n) is 9.96. The van der Waals surface area contributed by atoms with Crippen LogP contribution in [0.2, 0.25) is 0 Å². The second kappa shape index (κ2) is 13.5. The summed E-state index contributed by atoms with van der Waals surface area (Å²) in [7, 11) is 6.72. The summed E-state index contributed by atoms with van der Waals surface area (Å²) in [5, 5.41) is 6.95. The van der Waals surface area contributed by atoms with Crippen LogP contribution in [0.4, 0.5) is 0 Å². The number of hydrogen-bond donors (Lipinski definition) is 2. The number of rotatable bonds is 15. The molecule has 9 heteroatoms. The van der Waals surface area contributed by atoms with E-state index in [0.29, 0.717) is 28.4 Å². The number of nitrogens with zero attached hydrogens (tertiary/aromatic N) is 2. The van der Waals surface area contributed by atoms with Gasteiger partial charge in [-0.3, -0.25) is 14.9 Å². The van der Waals surface area contributed by atoms with Crippen molar-refractivity contribution >= 4 is 33.9 Å². The number of nitrogens with one attached hydrogen (secondary N) is 2. The number of aromatic nitrogens is 1. The lowest BCUT2D eigenvalue weighted by Crippen LogP contribution is -2.25. The fourth-order valence-electron chi connectivity index (χ4n) is 5.31. The first-order chi connectivity index (χ1) is 19.4. The van der Waals surface area contributed by atoms with Crippen molar-refractivity contribution in [2.24, 2.45) is 0 Å². The number of ether oxygens (including phenoxy) is 3. The molecule has 0 aliphatic carbocycles. The van der Waals surface area contributed by atoms with E-state index in [1.807, 2.05) is 30.5 Å². The minimum Gasteiger partial charge on any atom is -0.493 e.